The molecule has 10 nitrogen and oxygen atoms in total. The Morgan fingerprint density at radius 3 is 2.54 bits per heavy atom. The fourth-order valence-corrected chi connectivity index (χ4v) is 6.78. The summed E-state index contributed by atoms with van der Waals surface area (Å²) >= 11 is 0. The Hall–Kier alpha value is -2.80. The van der Waals surface area contributed by atoms with E-state index in [1.165, 1.54) is 20.4 Å². The maximum Gasteiger partial charge on any atom is 0.416 e. The van der Waals surface area contributed by atoms with E-state index < -0.39 is 57.6 Å². The Morgan fingerprint density at radius 2 is 1.90 bits per heavy atom. The van der Waals surface area contributed by atoms with Crippen LogP contribution in [0.1, 0.15) is 36.9 Å². The maximum atomic E-state index is 14.4. The zero-order chi connectivity index (χ0) is 28.5. The smallest absolute Gasteiger partial charge is 0.377 e. The lowest BCUT2D eigenvalue weighted by Gasteiger charge is -2.42. The van der Waals surface area contributed by atoms with Crippen LogP contribution in [0.5, 0.6) is 0 Å². The number of amides is 2. The second kappa shape index (κ2) is 11.4. The van der Waals surface area contributed by atoms with Gasteiger partial charge in [0, 0.05) is 38.3 Å². The second-order valence-electron chi connectivity index (χ2n) is 9.93. The molecule has 3 aliphatic rings. The van der Waals surface area contributed by atoms with Gasteiger partial charge in [-0.05, 0) is 31.9 Å². The number of hydrogen-bond acceptors (Lipinski definition) is 6. The van der Waals surface area contributed by atoms with Gasteiger partial charge >= 0.3 is 6.18 Å². The van der Waals surface area contributed by atoms with E-state index in [1.807, 2.05) is 6.07 Å². The van der Waals surface area contributed by atoms with E-state index in [2.05, 4.69) is 5.32 Å². The molecule has 1 unspecified atom stereocenters. The molecule has 0 aliphatic carbocycles. The van der Waals surface area contributed by atoms with Crippen LogP contribution in [0.15, 0.2) is 18.2 Å². The number of alkyl halides is 3. The first-order valence-electron chi connectivity index (χ1n) is 12.5. The van der Waals surface area contributed by atoms with Crippen molar-refractivity contribution < 1.29 is 40.3 Å². The predicted octanol–water partition coefficient (Wildman–Crippen LogP) is 1.66. The first-order valence-corrected chi connectivity index (χ1v) is 13.9. The van der Waals surface area contributed by atoms with Crippen LogP contribution in [-0.2, 0) is 30.7 Å². The van der Waals surface area contributed by atoms with Gasteiger partial charge in [0.25, 0.3) is 10.2 Å². The number of nitriles is 1. The van der Waals surface area contributed by atoms with Crippen LogP contribution in [0.4, 0.5) is 17.6 Å². The number of halogens is 4. The summed E-state index contributed by atoms with van der Waals surface area (Å²) in [6.45, 7) is 1.91. The van der Waals surface area contributed by atoms with Gasteiger partial charge in [-0.1, -0.05) is 6.07 Å². The molecule has 1 N–H and O–H groups in total. The first kappa shape index (κ1) is 29.2. The Balaban J connectivity index is 1.42. The zero-order valence-corrected chi connectivity index (χ0v) is 22.0. The average Bonchev–Trinajstić information content (AvgIpc) is 2.87. The lowest BCUT2D eigenvalue weighted by molar-refractivity contribution is -0.152. The van der Waals surface area contributed by atoms with Gasteiger partial charge in [0.2, 0.25) is 11.8 Å². The first-order chi connectivity index (χ1) is 18.3. The van der Waals surface area contributed by atoms with Gasteiger partial charge in [0.15, 0.2) is 0 Å². The Labute approximate surface area is 223 Å². The van der Waals surface area contributed by atoms with Crippen molar-refractivity contribution in [3.05, 3.63) is 35.1 Å². The standard InChI is InChI=1S/C24H29F4N5O5S/c1-15(19-5-4-18(9-20(19)25)24(26,27)28)30-22(34)21-14-38-8-7-33(21)23(35)17-3-2-6-31(13-17)39(36,37)32-11-16(10-29)12-32/h4-5,9,15-17,21H,2-3,6-8,11-14H2,1H3,(H,30,34)/t15?,17-,21+/m0/s1. The van der Waals surface area contributed by atoms with Crippen molar-refractivity contribution in [1.29, 1.82) is 5.26 Å². The molecule has 1 aromatic rings. The van der Waals surface area contributed by atoms with E-state index in [0.717, 1.165) is 12.1 Å². The Morgan fingerprint density at radius 1 is 1.18 bits per heavy atom. The molecule has 0 bridgehead atoms. The van der Waals surface area contributed by atoms with Crippen molar-refractivity contribution in [1.82, 2.24) is 18.8 Å². The number of carbonyl (C=O) groups is 2. The molecule has 3 fully saturated rings. The van der Waals surface area contributed by atoms with Crippen molar-refractivity contribution in [2.24, 2.45) is 11.8 Å². The molecule has 0 spiro atoms. The Bertz CT molecular complexity index is 1250. The molecule has 3 atom stereocenters. The van der Waals surface area contributed by atoms with E-state index in [9.17, 15) is 35.6 Å². The summed E-state index contributed by atoms with van der Waals surface area (Å²) in [5.74, 6) is -3.26. The molecule has 1 aromatic carbocycles. The van der Waals surface area contributed by atoms with Crippen molar-refractivity contribution >= 4 is 22.0 Å². The van der Waals surface area contributed by atoms with E-state index >= 15 is 0 Å². The normalized spacial score (nSPS) is 24.5. The summed E-state index contributed by atoms with van der Waals surface area (Å²) in [7, 11) is -3.82. The van der Waals surface area contributed by atoms with Crippen LogP contribution in [-0.4, -0.2) is 85.7 Å². The number of benzene rings is 1. The average molecular weight is 576 g/mol. The Kier molecular flexibility index (Phi) is 8.50. The predicted molar refractivity (Wildman–Crippen MR) is 128 cm³/mol. The van der Waals surface area contributed by atoms with Crippen LogP contribution >= 0.6 is 0 Å². The van der Waals surface area contributed by atoms with E-state index in [4.69, 9.17) is 10.00 Å². The van der Waals surface area contributed by atoms with E-state index in [-0.39, 0.29) is 57.4 Å². The molecule has 0 radical (unpaired) electrons. The number of morpholine rings is 1. The van der Waals surface area contributed by atoms with Crippen molar-refractivity contribution in [3.63, 3.8) is 0 Å². The number of rotatable bonds is 6. The van der Waals surface area contributed by atoms with Gasteiger partial charge in [0.1, 0.15) is 11.9 Å². The molecule has 0 aromatic heterocycles. The number of ether oxygens (including phenoxy) is 1. The summed E-state index contributed by atoms with van der Waals surface area (Å²) in [5, 5.41) is 11.5. The lowest BCUT2D eigenvalue weighted by atomic mass is 9.97. The van der Waals surface area contributed by atoms with Crippen LogP contribution in [0.2, 0.25) is 0 Å². The third-order valence-electron chi connectivity index (χ3n) is 7.28. The molecule has 39 heavy (non-hydrogen) atoms. The number of carbonyl (C=O) groups excluding carboxylic acids is 2. The molecular weight excluding hydrogens is 546 g/mol. The fraction of sp³-hybridized carbons (Fsp3) is 0.625. The monoisotopic (exact) mass is 575 g/mol. The molecule has 3 saturated heterocycles. The number of hydrogen-bond donors (Lipinski definition) is 1. The molecule has 214 valence electrons. The van der Waals surface area contributed by atoms with Crippen LogP contribution in [0, 0.1) is 29.0 Å². The highest BCUT2D eigenvalue weighted by Crippen LogP contribution is 2.32. The molecule has 3 aliphatic heterocycles. The van der Waals surface area contributed by atoms with Crippen molar-refractivity contribution in [3.8, 4) is 6.07 Å². The lowest BCUT2D eigenvalue weighted by Crippen LogP contribution is -2.60. The second-order valence-corrected chi connectivity index (χ2v) is 11.9. The fourth-order valence-electron chi connectivity index (χ4n) is 4.99. The quantitative estimate of drug-likeness (QED) is 0.515. The minimum atomic E-state index is -4.71. The van der Waals surface area contributed by atoms with Gasteiger partial charge in [-0.2, -0.15) is 35.5 Å². The minimum absolute atomic E-state index is 0.0618. The van der Waals surface area contributed by atoms with Gasteiger partial charge < -0.3 is 15.0 Å². The van der Waals surface area contributed by atoms with E-state index in [1.54, 1.807) is 0 Å². The summed E-state index contributed by atoms with van der Waals surface area (Å²) < 4.78 is 86.7. The number of nitrogens with zero attached hydrogens (tertiary/aromatic N) is 4. The SMILES string of the molecule is CC(NC(=O)[C@H]1COCCN1C(=O)[C@H]1CCCN(S(=O)(=O)N2CC(C#N)C2)C1)c1ccc(C(F)(F)F)cc1F. The van der Waals surface area contributed by atoms with Crippen LogP contribution < -0.4 is 5.32 Å². The summed E-state index contributed by atoms with van der Waals surface area (Å²) in [4.78, 5) is 27.9. The molecule has 3 heterocycles. The summed E-state index contributed by atoms with van der Waals surface area (Å²) in [6.07, 6.45) is -3.85. The highest BCUT2D eigenvalue weighted by Gasteiger charge is 2.44. The van der Waals surface area contributed by atoms with Crippen molar-refractivity contribution in [2.75, 3.05) is 45.9 Å². The largest absolute Gasteiger partial charge is 0.416 e. The third kappa shape index (κ3) is 6.19. The highest BCUT2D eigenvalue weighted by atomic mass is 32.2. The molecule has 4 rings (SSSR count). The molecule has 0 saturated carbocycles. The summed E-state index contributed by atoms with van der Waals surface area (Å²) in [5.41, 5.74) is -1.30. The number of piperidine rings is 1. The summed E-state index contributed by atoms with van der Waals surface area (Å²) in [6, 6.07) is 1.99. The van der Waals surface area contributed by atoms with Crippen molar-refractivity contribution in [2.45, 2.75) is 38.0 Å². The maximum absolute atomic E-state index is 14.4. The topological polar surface area (TPSA) is 123 Å². The molecule has 2 amide bonds. The van der Waals surface area contributed by atoms with Gasteiger partial charge in [-0.3, -0.25) is 9.59 Å². The third-order valence-corrected chi connectivity index (χ3v) is 9.22. The molecular formula is C24H29F4N5O5S. The van der Waals surface area contributed by atoms with Gasteiger partial charge in [0.05, 0.1) is 42.7 Å². The van der Waals surface area contributed by atoms with Gasteiger partial charge in [-0.25, -0.2) is 4.39 Å². The number of nitrogens with one attached hydrogen (secondary N) is 1. The van der Waals surface area contributed by atoms with Crippen LogP contribution in [0.25, 0.3) is 0 Å². The molecule has 15 heteroatoms. The van der Waals surface area contributed by atoms with Gasteiger partial charge in [-0.15, -0.1) is 0 Å². The minimum Gasteiger partial charge on any atom is -0.377 e. The highest BCUT2D eigenvalue weighted by molar-refractivity contribution is 7.86. The van der Waals surface area contributed by atoms with Crippen LogP contribution in [0.3, 0.4) is 0 Å². The zero-order valence-electron chi connectivity index (χ0n) is 21.2. The van der Waals surface area contributed by atoms with E-state index in [0.29, 0.717) is 18.9 Å².